The number of aromatic nitrogens is 1. The van der Waals surface area contributed by atoms with E-state index in [-0.39, 0.29) is 17.1 Å². The summed E-state index contributed by atoms with van der Waals surface area (Å²) in [6, 6.07) is 16.3. The van der Waals surface area contributed by atoms with E-state index in [4.69, 9.17) is 4.74 Å². The Bertz CT molecular complexity index is 1150. The fourth-order valence-electron chi connectivity index (χ4n) is 3.29. The van der Waals surface area contributed by atoms with Crippen LogP contribution in [0, 0.1) is 0 Å². The van der Waals surface area contributed by atoms with Crippen molar-refractivity contribution in [2.45, 2.75) is 19.4 Å². The molecule has 0 spiro atoms. The molecule has 0 atom stereocenters. The highest BCUT2D eigenvalue weighted by atomic mass is 16.5. The van der Waals surface area contributed by atoms with Gasteiger partial charge in [-0.2, -0.15) is 0 Å². The third kappa shape index (κ3) is 3.22. The normalized spacial score (nSPS) is 14.6. The van der Waals surface area contributed by atoms with E-state index >= 15 is 0 Å². The molecule has 1 aliphatic rings. The summed E-state index contributed by atoms with van der Waals surface area (Å²) >= 11 is 0. The average molecular weight is 373 g/mol. The van der Waals surface area contributed by atoms with Crippen molar-refractivity contribution >= 4 is 11.5 Å². The van der Waals surface area contributed by atoms with Gasteiger partial charge in [0.1, 0.15) is 17.1 Å². The number of ether oxygens (including phenoxy) is 1. The summed E-state index contributed by atoms with van der Waals surface area (Å²) in [7, 11) is 0. The summed E-state index contributed by atoms with van der Waals surface area (Å²) in [6.45, 7) is 3.83. The van der Waals surface area contributed by atoms with Crippen molar-refractivity contribution in [2.24, 2.45) is 0 Å². The van der Waals surface area contributed by atoms with Gasteiger partial charge in [-0.3, -0.25) is 14.2 Å². The van der Waals surface area contributed by atoms with Crippen molar-refractivity contribution in [1.82, 2.24) is 4.57 Å². The lowest BCUT2D eigenvalue weighted by molar-refractivity contribution is 0.103. The van der Waals surface area contributed by atoms with Gasteiger partial charge in [-0.25, -0.2) is 0 Å². The lowest BCUT2D eigenvalue weighted by Gasteiger charge is -2.31. The van der Waals surface area contributed by atoms with Crippen molar-refractivity contribution in [2.75, 3.05) is 0 Å². The standard InChI is InChI=1S/C23H19NO4/c1-23(2)14-19(24-12-4-3-5-21(24)26)18-13-16(8-11-20(18)28-23)22(27)15-6-9-17(25)10-7-15/h3-14,25H,1-2H3. The molecule has 2 aromatic carbocycles. The molecule has 0 amide bonds. The lowest BCUT2D eigenvalue weighted by atomic mass is 9.95. The van der Waals surface area contributed by atoms with E-state index in [2.05, 4.69) is 0 Å². The van der Waals surface area contributed by atoms with Crippen molar-refractivity contribution in [3.05, 3.63) is 100.0 Å². The van der Waals surface area contributed by atoms with Crippen molar-refractivity contribution in [3.8, 4) is 11.5 Å². The van der Waals surface area contributed by atoms with E-state index in [1.165, 1.54) is 18.2 Å². The van der Waals surface area contributed by atoms with Gasteiger partial charge in [-0.1, -0.05) is 6.07 Å². The monoisotopic (exact) mass is 373 g/mol. The zero-order chi connectivity index (χ0) is 19.9. The third-order valence-electron chi connectivity index (χ3n) is 4.59. The van der Waals surface area contributed by atoms with Crippen LogP contribution in [-0.4, -0.2) is 21.1 Å². The average Bonchev–Trinajstić information content (AvgIpc) is 2.67. The third-order valence-corrected chi connectivity index (χ3v) is 4.59. The second-order valence-corrected chi connectivity index (χ2v) is 7.23. The van der Waals surface area contributed by atoms with E-state index in [0.717, 1.165) is 0 Å². The van der Waals surface area contributed by atoms with Crippen molar-refractivity contribution in [3.63, 3.8) is 0 Å². The first-order valence-corrected chi connectivity index (χ1v) is 8.92. The van der Waals surface area contributed by atoms with Gasteiger partial charge in [0.15, 0.2) is 5.78 Å². The first-order valence-electron chi connectivity index (χ1n) is 8.92. The molecule has 0 radical (unpaired) electrons. The molecule has 0 saturated heterocycles. The fourth-order valence-corrected chi connectivity index (χ4v) is 3.29. The smallest absolute Gasteiger partial charge is 0.255 e. The highest BCUT2D eigenvalue weighted by molar-refractivity contribution is 6.09. The van der Waals surface area contributed by atoms with Gasteiger partial charge in [0.05, 0.1) is 5.70 Å². The number of phenols is 1. The second-order valence-electron chi connectivity index (χ2n) is 7.23. The highest BCUT2D eigenvalue weighted by Gasteiger charge is 2.28. The van der Waals surface area contributed by atoms with E-state index in [1.54, 1.807) is 53.2 Å². The molecule has 3 aromatic rings. The Morgan fingerprint density at radius 2 is 1.71 bits per heavy atom. The van der Waals surface area contributed by atoms with Gasteiger partial charge in [0.2, 0.25) is 0 Å². The van der Waals surface area contributed by atoms with Crippen molar-refractivity contribution in [1.29, 1.82) is 0 Å². The number of phenolic OH excluding ortho intramolecular Hbond substituents is 1. The quantitative estimate of drug-likeness (QED) is 0.708. The predicted molar refractivity (Wildman–Crippen MR) is 107 cm³/mol. The summed E-state index contributed by atoms with van der Waals surface area (Å²) in [5.41, 5.74) is 1.54. The van der Waals surface area contributed by atoms with E-state index in [1.807, 2.05) is 19.9 Å². The number of fused-ring (bicyclic) bond motifs is 1. The van der Waals surface area contributed by atoms with Gasteiger partial charge < -0.3 is 9.84 Å². The van der Waals surface area contributed by atoms with Crippen LogP contribution >= 0.6 is 0 Å². The summed E-state index contributed by atoms with van der Waals surface area (Å²) in [6.07, 6.45) is 3.58. The van der Waals surface area contributed by atoms with Gasteiger partial charge in [-0.05, 0) is 68.5 Å². The van der Waals surface area contributed by atoms with Gasteiger partial charge >= 0.3 is 0 Å². The predicted octanol–water partition coefficient (Wildman–Crippen LogP) is 3.85. The molecule has 5 heteroatoms. The minimum Gasteiger partial charge on any atom is -0.508 e. The second kappa shape index (κ2) is 6.53. The Hall–Kier alpha value is -3.60. The molecule has 5 nitrogen and oxygen atoms in total. The molecule has 1 aromatic heterocycles. The number of carbonyl (C=O) groups is 1. The molecule has 140 valence electrons. The highest BCUT2D eigenvalue weighted by Crippen LogP contribution is 2.37. The maximum Gasteiger partial charge on any atom is 0.255 e. The molecule has 0 bridgehead atoms. The minimum atomic E-state index is -0.597. The summed E-state index contributed by atoms with van der Waals surface area (Å²) in [5.74, 6) is 0.541. The first-order chi connectivity index (χ1) is 13.3. The molecule has 4 rings (SSSR count). The molecule has 0 aliphatic carbocycles. The van der Waals surface area contributed by atoms with Crippen LogP contribution in [0.5, 0.6) is 11.5 Å². The number of hydrogen-bond acceptors (Lipinski definition) is 4. The van der Waals surface area contributed by atoms with E-state index < -0.39 is 5.60 Å². The maximum atomic E-state index is 12.9. The van der Waals surface area contributed by atoms with E-state index in [0.29, 0.717) is 28.1 Å². The molecular weight excluding hydrogens is 354 g/mol. The van der Waals surface area contributed by atoms with Crippen LogP contribution < -0.4 is 10.3 Å². The van der Waals surface area contributed by atoms with E-state index in [9.17, 15) is 14.7 Å². The molecule has 28 heavy (non-hydrogen) atoms. The number of hydrogen-bond donors (Lipinski definition) is 1. The first kappa shape index (κ1) is 17.8. The number of nitrogens with zero attached hydrogens (tertiary/aromatic N) is 1. The zero-order valence-corrected chi connectivity index (χ0v) is 15.5. The van der Waals surface area contributed by atoms with Crippen LogP contribution in [0.25, 0.3) is 5.70 Å². The molecule has 1 N–H and O–H groups in total. The SMILES string of the molecule is CC1(C)C=C(n2ccccc2=O)c2cc(C(=O)c3ccc(O)cc3)ccc2O1. The van der Waals surface area contributed by atoms with Crippen LogP contribution in [0.15, 0.2) is 77.7 Å². The maximum absolute atomic E-state index is 12.9. The Morgan fingerprint density at radius 1 is 1.00 bits per heavy atom. The molecular formula is C23H19NO4. The van der Waals surface area contributed by atoms with Crippen LogP contribution in [-0.2, 0) is 0 Å². The van der Waals surface area contributed by atoms with Gasteiger partial charge in [0, 0.05) is 29.0 Å². The molecule has 2 heterocycles. The topological polar surface area (TPSA) is 68.5 Å². The summed E-state index contributed by atoms with van der Waals surface area (Å²) in [5, 5.41) is 9.44. The van der Waals surface area contributed by atoms with Crippen LogP contribution in [0.1, 0.15) is 35.3 Å². The van der Waals surface area contributed by atoms with Crippen LogP contribution in [0.4, 0.5) is 0 Å². The number of benzene rings is 2. The molecule has 0 saturated carbocycles. The summed E-state index contributed by atoms with van der Waals surface area (Å²) < 4.78 is 7.58. The number of rotatable bonds is 3. The summed E-state index contributed by atoms with van der Waals surface area (Å²) in [4.78, 5) is 25.3. The van der Waals surface area contributed by atoms with Gasteiger partial charge in [-0.15, -0.1) is 0 Å². The van der Waals surface area contributed by atoms with Crippen LogP contribution in [0.2, 0.25) is 0 Å². The Balaban J connectivity index is 1.84. The largest absolute Gasteiger partial charge is 0.508 e. The Kier molecular flexibility index (Phi) is 4.15. The molecule has 1 aliphatic heterocycles. The Labute approximate surface area is 162 Å². The number of carbonyl (C=O) groups excluding carboxylic acids is 1. The van der Waals surface area contributed by atoms with Gasteiger partial charge in [0.25, 0.3) is 5.56 Å². The minimum absolute atomic E-state index is 0.103. The molecule has 0 unspecified atom stereocenters. The zero-order valence-electron chi connectivity index (χ0n) is 15.5. The number of ketones is 1. The van der Waals surface area contributed by atoms with Crippen LogP contribution in [0.3, 0.4) is 0 Å². The van der Waals surface area contributed by atoms with Crippen molar-refractivity contribution < 1.29 is 14.6 Å². The fraction of sp³-hybridized carbons (Fsp3) is 0.130. The Morgan fingerprint density at radius 3 is 2.43 bits per heavy atom. The lowest BCUT2D eigenvalue weighted by Crippen LogP contribution is -2.32. The number of pyridine rings is 1. The number of aromatic hydroxyl groups is 1. The molecule has 0 fully saturated rings.